The third kappa shape index (κ3) is 7.78. The number of sulfone groups is 1. The fourth-order valence-electron chi connectivity index (χ4n) is 7.78. The SMILES string of the molecule is CC(C)N1CCN(C2CCN(C3CCN(c4c(S(=O)(=O)c5ccc(OC(C)(C)C)c(F)c5F)cnc5ccc([S+](C)[O-])cc45)CC3)CC2)CC1. The predicted molar refractivity (Wildman–Crippen MR) is 194 cm³/mol. The number of benzene rings is 2. The van der Waals surface area contributed by atoms with Crippen molar-refractivity contribution in [1.82, 2.24) is 19.7 Å². The first-order valence-corrected chi connectivity index (χ1v) is 20.8. The van der Waals surface area contributed by atoms with Gasteiger partial charge in [-0.3, -0.25) is 14.8 Å². The fraction of sp³-hybridized carbons (Fsp3) is 0.595. The van der Waals surface area contributed by atoms with Crippen molar-refractivity contribution in [2.75, 3.05) is 63.5 Å². The zero-order valence-corrected chi connectivity index (χ0v) is 31.8. The smallest absolute Gasteiger partial charge is 0.213 e. The topological polar surface area (TPSA) is 92.3 Å². The van der Waals surface area contributed by atoms with Crippen LogP contribution in [0.2, 0.25) is 0 Å². The van der Waals surface area contributed by atoms with E-state index >= 15 is 8.78 Å². The van der Waals surface area contributed by atoms with Gasteiger partial charge in [0.2, 0.25) is 15.7 Å². The molecule has 4 heterocycles. The number of piperazine rings is 1. The Morgan fingerprint density at radius 1 is 0.860 bits per heavy atom. The van der Waals surface area contributed by atoms with Crippen molar-refractivity contribution < 1.29 is 26.5 Å². The van der Waals surface area contributed by atoms with E-state index in [-0.39, 0.29) is 10.6 Å². The number of ether oxygens (including phenoxy) is 1. The van der Waals surface area contributed by atoms with Crippen molar-refractivity contribution in [2.45, 2.75) is 98.7 Å². The van der Waals surface area contributed by atoms with Crippen molar-refractivity contribution in [2.24, 2.45) is 0 Å². The lowest BCUT2D eigenvalue weighted by Gasteiger charge is -2.46. The molecule has 3 fully saturated rings. The third-order valence-electron chi connectivity index (χ3n) is 10.5. The lowest BCUT2D eigenvalue weighted by atomic mass is 9.96. The average molecular weight is 732 g/mol. The second-order valence-corrected chi connectivity index (χ2v) is 18.4. The van der Waals surface area contributed by atoms with Gasteiger partial charge in [-0.2, -0.15) is 4.39 Å². The summed E-state index contributed by atoms with van der Waals surface area (Å²) in [6, 6.07) is 8.95. The first-order valence-electron chi connectivity index (χ1n) is 17.8. The Labute approximate surface area is 299 Å². The first kappa shape index (κ1) is 37.2. The van der Waals surface area contributed by atoms with Gasteiger partial charge in [-0.1, -0.05) is 0 Å². The van der Waals surface area contributed by atoms with Crippen LogP contribution in [0.5, 0.6) is 5.75 Å². The van der Waals surface area contributed by atoms with E-state index < -0.39 is 43.1 Å². The van der Waals surface area contributed by atoms with Gasteiger partial charge in [0.15, 0.2) is 16.5 Å². The molecule has 3 saturated heterocycles. The quantitative estimate of drug-likeness (QED) is 0.270. The van der Waals surface area contributed by atoms with Crippen LogP contribution in [0.3, 0.4) is 0 Å². The second kappa shape index (κ2) is 14.8. The van der Waals surface area contributed by atoms with E-state index in [1.807, 2.05) is 4.90 Å². The van der Waals surface area contributed by atoms with E-state index in [1.54, 1.807) is 45.2 Å². The number of hydrogen-bond donors (Lipinski definition) is 0. The summed E-state index contributed by atoms with van der Waals surface area (Å²) in [5, 5.41) is 0.518. The molecule has 9 nitrogen and oxygen atoms in total. The molecular formula is C37H51F2N5O4S2. The lowest BCUT2D eigenvalue weighted by Crippen LogP contribution is -2.56. The summed E-state index contributed by atoms with van der Waals surface area (Å²) >= 11 is -1.33. The van der Waals surface area contributed by atoms with Crippen LogP contribution in [-0.2, 0) is 21.0 Å². The molecule has 0 bridgehead atoms. The molecule has 13 heteroatoms. The van der Waals surface area contributed by atoms with Gasteiger partial charge in [0, 0.05) is 75.0 Å². The molecule has 0 N–H and O–H groups in total. The van der Waals surface area contributed by atoms with Gasteiger partial charge in [0.05, 0.1) is 11.2 Å². The molecule has 3 aliphatic rings. The minimum absolute atomic E-state index is 0.205. The highest BCUT2D eigenvalue weighted by atomic mass is 32.2. The Morgan fingerprint density at radius 3 is 2.04 bits per heavy atom. The number of likely N-dealkylation sites (tertiary alicyclic amines) is 1. The predicted octanol–water partition coefficient (Wildman–Crippen LogP) is 5.72. The number of aromatic nitrogens is 1. The van der Waals surface area contributed by atoms with Gasteiger partial charge >= 0.3 is 0 Å². The van der Waals surface area contributed by atoms with Crippen molar-refractivity contribution in [3.63, 3.8) is 0 Å². The van der Waals surface area contributed by atoms with E-state index in [0.29, 0.717) is 52.7 Å². The molecule has 0 saturated carbocycles. The molecule has 2 aromatic carbocycles. The Balaban J connectivity index is 1.24. The lowest BCUT2D eigenvalue weighted by molar-refractivity contribution is 0.0359. The second-order valence-electron chi connectivity index (χ2n) is 15.2. The summed E-state index contributed by atoms with van der Waals surface area (Å²) in [5.74, 6) is -3.21. The van der Waals surface area contributed by atoms with Crippen molar-refractivity contribution in [3.05, 3.63) is 48.2 Å². The molecule has 6 rings (SSSR count). The minimum Gasteiger partial charge on any atom is -0.612 e. The highest BCUT2D eigenvalue weighted by Gasteiger charge is 2.36. The van der Waals surface area contributed by atoms with E-state index in [1.165, 1.54) is 6.20 Å². The van der Waals surface area contributed by atoms with Crippen LogP contribution >= 0.6 is 0 Å². The normalized spacial score (nSPS) is 20.6. The number of nitrogens with zero attached hydrogens (tertiary/aromatic N) is 5. The molecule has 3 aromatic rings. The van der Waals surface area contributed by atoms with E-state index in [4.69, 9.17) is 4.74 Å². The van der Waals surface area contributed by atoms with Crippen LogP contribution in [0.15, 0.2) is 51.2 Å². The standard InChI is InChI=1S/C37H51F2N5O4S2/c1-25(2)41-19-21-43(22-20-41)27-11-15-42(16-12-27)26-13-17-44(18-14-26)36-29-23-28(49(6)45)7-8-30(29)40-24-33(36)50(46,47)32-10-9-31(34(38)35(32)39)48-37(3,4)5/h7-10,23-27H,11-22H2,1-6H3. The number of pyridine rings is 1. The van der Waals surface area contributed by atoms with Gasteiger partial charge < -0.3 is 19.1 Å². The van der Waals surface area contributed by atoms with Crippen LogP contribution in [-0.4, -0.2) is 115 Å². The van der Waals surface area contributed by atoms with Crippen LogP contribution in [0, 0.1) is 11.6 Å². The maximum Gasteiger partial charge on any atom is 0.213 e. The number of halogens is 2. The van der Waals surface area contributed by atoms with Crippen LogP contribution < -0.4 is 9.64 Å². The van der Waals surface area contributed by atoms with E-state index in [2.05, 4.69) is 33.5 Å². The van der Waals surface area contributed by atoms with Gasteiger partial charge in [0.1, 0.15) is 21.6 Å². The van der Waals surface area contributed by atoms with Crippen molar-refractivity contribution >= 4 is 37.6 Å². The summed E-state index contributed by atoms with van der Waals surface area (Å²) < 4.78 is 77.4. The van der Waals surface area contributed by atoms with Gasteiger partial charge in [-0.05, 0) is 109 Å². The van der Waals surface area contributed by atoms with Gasteiger partial charge in [-0.15, -0.1) is 0 Å². The monoisotopic (exact) mass is 731 g/mol. The summed E-state index contributed by atoms with van der Waals surface area (Å²) in [6.07, 6.45) is 6.78. The van der Waals surface area contributed by atoms with Gasteiger partial charge in [-0.25, -0.2) is 12.8 Å². The van der Waals surface area contributed by atoms with Gasteiger partial charge in [0.25, 0.3) is 0 Å². The highest BCUT2D eigenvalue weighted by Crippen LogP contribution is 2.40. The summed E-state index contributed by atoms with van der Waals surface area (Å²) in [5.41, 5.74) is 0.104. The van der Waals surface area contributed by atoms with Crippen LogP contribution in [0.25, 0.3) is 10.9 Å². The number of fused-ring (bicyclic) bond motifs is 1. The molecule has 0 aliphatic carbocycles. The molecule has 50 heavy (non-hydrogen) atoms. The van der Waals surface area contributed by atoms with Crippen molar-refractivity contribution in [1.29, 1.82) is 0 Å². The largest absolute Gasteiger partial charge is 0.612 e. The van der Waals surface area contributed by atoms with E-state index in [9.17, 15) is 13.0 Å². The zero-order valence-electron chi connectivity index (χ0n) is 30.1. The number of anilines is 1. The van der Waals surface area contributed by atoms with E-state index in [0.717, 1.165) is 77.1 Å². The molecule has 1 unspecified atom stereocenters. The Kier molecular flexibility index (Phi) is 11.0. The zero-order chi connectivity index (χ0) is 36.0. The molecule has 1 atom stereocenters. The molecule has 0 radical (unpaired) electrons. The van der Waals surface area contributed by atoms with Crippen LogP contribution in [0.1, 0.15) is 60.3 Å². The molecule has 0 spiro atoms. The third-order valence-corrected chi connectivity index (χ3v) is 13.2. The summed E-state index contributed by atoms with van der Waals surface area (Å²) in [7, 11) is -4.59. The Bertz CT molecular complexity index is 1780. The Hall–Kier alpha value is -2.55. The highest BCUT2D eigenvalue weighted by molar-refractivity contribution is 7.91. The average Bonchev–Trinajstić information content (AvgIpc) is 3.09. The fourth-order valence-corrected chi connectivity index (χ4v) is 9.82. The minimum atomic E-state index is -4.59. The molecule has 274 valence electrons. The summed E-state index contributed by atoms with van der Waals surface area (Å²) in [4.78, 5) is 13.8. The van der Waals surface area contributed by atoms with Crippen LogP contribution in [0.4, 0.5) is 14.5 Å². The first-order chi connectivity index (χ1) is 23.6. The summed E-state index contributed by atoms with van der Waals surface area (Å²) in [6.45, 7) is 17.4. The molecule has 3 aliphatic heterocycles. The molecular weight excluding hydrogens is 681 g/mol. The number of hydrogen-bond acceptors (Lipinski definition) is 9. The molecule has 1 aromatic heterocycles. The Morgan fingerprint density at radius 2 is 1.46 bits per heavy atom. The van der Waals surface area contributed by atoms with Crippen molar-refractivity contribution in [3.8, 4) is 5.75 Å². The molecule has 0 amide bonds. The number of piperidine rings is 2. The maximum atomic E-state index is 15.6. The maximum absolute atomic E-state index is 15.6. The number of rotatable bonds is 8.